The highest BCUT2D eigenvalue weighted by atomic mass is 16.1. The number of carbonyl (C=O) groups is 2. The normalized spacial score (nSPS) is 13.9. The highest BCUT2D eigenvalue weighted by molar-refractivity contribution is 5.88. The van der Waals surface area contributed by atoms with Gasteiger partial charge in [-0.3, -0.25) is 4.79 Å². The van der Waals surface area contributed by atoms with Crippen LogP contribution < -0.4 is 15.1 Å². The van der Waals surface area contributed by atoms with E-state index in [4.69, 9.17) is 0 Å². The smallest absolute Gasteiger partial charge is 0.219 e. The molecule has 2 rings (SSSR count). The van der Waals surface area contributed by atoms with Crippen molar-refractivity contribution < 1.29 is 9.59 Å². The summed E-state index contributed by atoms with van der Waals surface area (Å²) in [6.07, 6.45) is 1.66. The second-order valence-corrected chi connectivity index (χ2v) is 5.20. The molecule has 5 nitrogen and oxygen atoms in total. The predicted molar refractivity (Wildman–Crippen MR) is 95.7 cm³/mol. The standard InChI is InChI=1S/C16H21N3O2.C2H6/c1-11-6-5-7-14-16(11)18(4)12(2)19(14)13(10-20)8-9-15(21)17-3;1-2/h5-7,10,13H,2,8-9H2,1,3-4H3,(H,17,21);1-2H3. The van der Waals surface area contributed by atoms with Crippen LogP contribution in [0.2, 0.25) is 0 Å². The van der Waals surface area contributed by atoms with Crippen LogP contribution in [0.25, 0.3) is 0 Å². The Morgan fingerprint density at radius 2 is 2.04 bits per heavy atom. The first kappa shape index (κ1) is 18.7. The summed E-state index contributed by atoms with van der Waals surface area (Å²) in [4.78, 5) is 26.8. The third-order valence-electron chi connectivity index (χ3n) is 3.91. The van der Waals surface area contributed by atoms with E-state index in [0.29, 0.717) is 12.8 Å². The van der Waals surface area contributed by atoms with E-state index in [-0.39, 0.29) is 11.9 Å². The van der Waals surface area contributed by atoms with Gasteiger partial charge in [-0.1, -0.05) is 32.6 Å². The van der Waals surface area contributed by atoms with E-state index in [0.717, 1.165) is 29.0 Å². The number of rotatable bonds is 5. The maximum Gasteiger partial charge on any atom is 0.219 e. The zero-order chi connectivity index (χ0) is 17.6. The molecular formula is C18H27N3O2. The molecule has 0 saturated heterocycles. The number of benzene rings is 1. The van der Waals surface area contributed by atoms with Gasteiger partial charge in [-0.05, 0) is 25.0 Å². The van der Waals surface area contributed by atoms with Crippen molar-refractivity contribution in [3.05, 3.63) is 36.2 Å². The predicted octanol–water partition coefficient (Wildman–Crippen LogP) is 2.84. The van der Waals surface area contributed by atoms with Crippen LogP contribution in [0.1, 0.15) is 32.3 Å². The second-order valence-electron chi connectivity index (χ2n) is 5.20. The Morgan fingerprint density at radius 3 is 2.61 bits per heavy atom. The van der Waals surface area contributed by atoms with E-state index in [1.165, 1.54) is 0 Å². The lowest BCUT2D eigenvalue weighted by Gasteiger charge is -2.27. The molecule has 1 heterocycles. The summed E-state index contributed by atoms with van der Waals surface area (Å²) >= 11 is 0. The van der Waals surface area contributed by atoms with Crippen LogP contribution in [0.15, 0.2) is 30.6 Å². The van der Waals surface area contributed by atoms with Gasteiger partial charge in [0, 0.05) is 20.5 Å². The molecule has 0 saturated carbocycles. The van der Waals surface area contributed by atoms with Gasteiger partial charge in [-0.25, -0.2) is 0 Å². The van der Waals surface area contributed by atoms with Crippen LogP contribution in [-0.2, 0) is 9.59 Å². The van der Waals surface area contributed by atoms with E-state index in [9.17, 15) is 9.59 Å². The summed E-state index contributed by atoms with van der Waals surface area (Å²) < 4.78 is 0. The minimum Gasteiger partial charge on any atom is -0.359 e. The van der Waals surface area contributed by atoms with Crippen molar-refractivity contribution in [1.82, 2.24) is 5.32 Å². The Hall–Kier alpha value is -2.30. The number of nitrogens with zero attached hydrogens (tertiary/aromatic N) is 2. The highest BCUT2D eigenvalue weighted by Crippen LogP contribution is 2.43. The van der Waals surface area contributed by atoms with Crippen molar-refractivity contribution >= 4 is 23.6 Å². The summed E-state index contributed by atoms with van der Waals surface area (Å²) in [6.45, 7) is 10.1. The molecule has 0 spiro atoms. The number of carbonyl (C=O) groups excluding carboxylic acids is 2. The van der Waals surface area contributed by atoms with Gasteiger partial charge < -0.3 is 19.9 Å². The fourth-order valence-corrected chi connectivity index (χ4v) is 2.74. The highest BCUT2D eigenvalue weighted by Gasteiger charge is 2.33. The number of nitrogens with one attached hydrogen (secondary N) is 1. The molecule has 0 bridgehead atoms. The van der Waals surface area contributed by atoms with Gasteiger partial charge in [0.25, 0.3) is 0 Å². The average molecular weight is 317 g/mol. The third-order valence-corrected chi connectivity index (χ3v) is 3.91. The minimum absolute atomic E-state index is 0.0653. The summed E-state index contributed by atoms with van der Waals surface area (Å²) in [5, 5.41) is 2.58. The Kier molecular flexibility index (Phi) is 6.82. The van der Waals surface area contributed by atoms with Gasteiger partial charge in [0.2, 0.25) is 5.91 Å². The lowest BCUT2D eigenvalue weighted by Crippen LogP contribution is -2.37. The maximum absolute atomic E-state index is 11.5. The third kappa shape index (κ3) is 3.73. The number of amides is 1. The Labute approximate surface area is 139 Å². The first-order chi connectivity index (χ1) is 11.0. The zero-order valence-corrected chi connectivity index (χ0v) is 14.7. The van der Waals surface area contributed by atoms with E-state index >= 15 is 0 Å². The van der Waals surface area contributed by atoms with Crippen molar-refractivity contribution in [3.63, 3.8) is 0 Å². The lowest BCUT2D eigenvalue weighted by molar-refractivity contribution is -0.120. The SMILES string of the molecule is C=C1N(C)c2c(C)cccc2N1C(C=O)CCC(=O)NC.CC. The van der Waals surface area contributed by atoms with Gasteiger partial charge in [0.15, 0.2) is 0 Å². The summed E-state index contributed by atoms with van der Waals surface area (Å²) in [5.41, 5.74) is 3.17. The lowest BCUT2D eigenvalue weighted by atomic mass is 10.1. The number of aldehydes is 1. The van der Waals surface area contributed by atoms with Crippen molar-refractivity contribution in [2.45, 2.75) is 39.7 Å². The largest absolute Gasteiger partial charge is 0.359 e. The van der Waals surface area contributed by atoms with Crippen molar-refractivity contribution in [2.75, 3.05) is 23.9 Å². The molecule has 1 aliphatic heterocycles. The fourth-order valence-electron chi connectivity index (χ4n) is 2.74. The van der Waals surface area contributed by atoms with Gasteiger partial charge in [0.1, 0.15) is 12.1 Å². The Morgan fingerprint density at radius 1 is 1.39 bits per heavy atom. The van der Waals surface area contributed by atoms with E-state index in [1.807, 2.05) is 55.8 Å². The first-order valence-corrected chi connectivity index (χ1v) is 7.98. The quantitative estimate of drug-likeness (QED) is 0.849. The Bertz CT molecular complexity index is 584. The average Bonchev–Trinajstić information content (AvgIpc) is 2.83. The van der Waals surface area contributed by atoms with Crippen LogP contribution in [0.4, 0.5) is 11.4 Å². The molecule has 1 aromatic rings. The van der Waals surface area contributed by atoms with Crippen LogP contribution in [0.5, 0.6) is 0 Å². The second kappa shape index (κ2) is 8.36. The molecule has 1 N–H and O–H groups in total. The van der Waals surface area contributed by atoms with Gasteiger partial charge in [0.05, 0.1) is 17.4 Å². The molecule has 1 aromatic carbocycles. The molecule has 1 amide bonds. The summed E-state index contributed by atoms with van der Waals surface area (Å²) in [5.74, 6) is 0.692. The van der Waals surface area contributed by atoms with Gasteiger partial charge in [-0.2, -0.15) is 0 Å². The number of hydrogen-bond donors (Lipinski definition) is 1. The zero-order valence-electron chi connectivity index (χ0n) is 14.7. The molecule has 5 heteroatoms. The molecule has 126 valence electrons. The molecule has 0 radical (unpaired) electrons. The fraction of sp³-hybridized carbons (Fsp3) is 0.444. The van der Waals surface area contributed by atoms with Crippen molar-refractivity contribution in [3.8, 4) is 0 Å². The molecule has 23 heavy (non-hydrogen) atoms. The van der Waals surface area contributed by atoms with E-state index in [2.05, 4.69) is 11.9 Å². The van der Waals surface area contributed by atoms with E-state index < -0.39 is 0 Å². The monoisotopic (exact) mass is 317 g/mol. The summed E-state index contributed by atoms with van der Waals surface area (Å²) in [7, 11) is 3.54. The minimum atomic E-state index is -0.389. The van der Waals surface area contributed by atoms with Crippen molar-refractivity contribution in [2.24, 2.45) is 0 Å². The number of anilines is 2. The van der Waals surface area contributed by atoms with Crippen LogP contribution >= 0.6 is 0 Å². The molecule has 1 unspecified atom stereocenters. The molecule has 0 aromatic heterocycles. The number of hydrogen-bond acceptors (Lipinski definition) is 4. The summed E-state index contributed by atoms with van der Waals surface area (Å²) in [6, 6.07) is 5.59. The molecule has 0 aliphatic carbocycles. The number of para-hydroxylation sites is 1. The maximum atomic E-state index is 11.5. The number of fused-ring (bicyclic) bond motifs is 1. The van der Waals surface area contributed by atoms with Crippen LogP contribution in [0, 0.1) is 6.92 Å². The van der Waals surface area contributed by atoms with Gasteiger partial charge >= 0.3 is 0 Å². The molecule has 1 aliphatic rings. The van der Waals surface area contributed by atoms with Crippen LogP contribution in [-0.4, -0.2) is 32.3 Å². The van der Waals surface area contributed by atoms with Gasteiger partial charge in [-0.15, -0.1) is 0 Å². The Balaban J connectivity index is 0.00000127. The molecule has 1 atom stereocenters. The van der Waals surface area contributed by atoms with E-state index in [1.54, 1.807) is 7.05 Å². The van der Waals surface area contributed by atoms with Crippen LogP contribution in [0.3, 0.4) is 0 Å². The molecular weight excluding hydrogens is 290 g/mol. The topological polar surface area (TPSA) is 52.7 Å². The first-order valence-electron chi connectivity index (χ1n) is 7.98. The molecule has 0 fully saturated rings. The van der Waals surface area contributed by atoms with Crippen molar-refractivity contribution in [1.29, 1.82) is 0 Å². The number of aryl methyl sites for hydroxylation is 1.